The molecule has 3 rings (SSSR count). The molecule has 1 unspecified atom stereocenters. The van der Waals surface area contributed by atoms with Crippen LogP contribution in [0.2, 0.25) is 0 Å². The number of quaternary nitrogens is 1. The van der Waals surface area contributed by atoms with Crippen molar-refractivity contribution in [1.29, 1.82) is 0 Å². The molecule has 0 amide bonds. The van der Waals surface area contributed by atoms with Crippen LogP contribution in [0.25, 0.3) is 0 Å². The molecule has 2 aliphatic heterocycles. The van der Waals surface area contributed by atoms with E-state index in [9.17, 15) is 15.0 Å². The lowest BCUT2D eigenvalue weighted by atomic mass is 9.72. The highest BCUT2D eigenvalue weighted by Crippen LogP contribution is 2.36. The molecular weight excluding hydrogens is 382 g/mol. The Kier molecular flexibility index (Phi) is 9.11. The summed E-state index contributed by atoms with van der Waals surface area (Å²) in [6.07, 6.45) is 12.0. The SMILES string of the molecule is C[C@@H]1N[C@H](C2CCC(CCCCC[C@@H](O)CC(=O)O)CC2)[C@@H]([NH+]2CC=NC2)C[C@H]1O. The van der Waals surface area contributed by atoms with Gasteiger partial charge in [0.2, 0.25) is 0 Å². The number of nitrogens with zero attached hydrogens (tertiary/aromatic N) is 1. The Morgan fingerprint density at radius 3 is 2.67 bits per heavy atom. The highest BCUT2D eigenvalue weighted by molar-refractivity contribution is 5.67. The fourth-order valence-electron chi connectivity index (χ4n) is 5.85. The average molecular weight is 425 g/mol. The number of unbranched alkanes of at least 4 members (excludes halogenated alkanes) is 2. The van der Waals surface area contributed by atoms with Crippen LogP contribution in [0, 0.1) is 11.8 Å². The molecule has 0 aromatic heterocycles. The van der Waals surface area contributed by atoms with Crippen molar-refractivity contribution < 1.29 is 25.0 Å². The van der Waals surface area contributed by atoms with Crippen LogP contribution < -0.4 is 10.2 Å². The van der Waals surface area contributed by atoms with Gasteiger partial charge in [-0.05, 0) is 38.0 Å². The van der Waals surface area contributed by atoms with Crippen molar-refractivity contribution in [2.24, 2.45) is 16.8 Å². The summed E-state index contributed by atoms with van der Waals surface area (Å²) in [4.78, 5) is 16.5. The lowest BCUT2D eigenvalue weighted by Crippen LogP contribution is -3.17. The number of carboxylic acids is 1. The van der Waals surface area contributed by atoms with Crippen molar-refractivity contribution in [1.82, 2.24) is 5.32 Å². The fraction of sp³-hybridized carbons (Fsp3) is 0.913. The van der Waals surface area contributed by atoms with Gasteiger partial charge in [0.1, 0.15) is 12.6 Å². The zero-order chi connectivity index (χ0) is 21.5. The molecule has 1 saturated carbocycles. The standard InChI is InChI=1S/C23H41N3O4/c1-16-21(28)14-20(26-12-11-24-15-26)23(25-16)18-9-7-17(8-10-18)5-3-2-4-6-19(27)13-22(29)30/h11,16-21,23,25,27-28H,2-10,12-15H2,1H3,(H,29,30)/p+1/t16-,17?,18?,19+,20-,21+,23+/m0/s1. The molecule has 6 atom stereocenters. The van der Waals surface area contributed by atoms with Gasteiger partial charge < -0.3 is 25.5 Å². The lowest BCUT2D eigenvalue weighted by molar-refractivity contribution is -0.914. The van der Waals surface area contributed by atoms with Crippen LogP contribution in [0.4, 0.5) is 0 Å². The molecule has 0 bridgehead atoms. The summed E-state index contributed by atoms with van der Waals surface area (Å²) in [6.45, 7) is 3.95. The normalized spacial score (nSPS) is 37.9. The molecule has 1 saturated heterocycles. The van der Waals surface area contributed by atoms with E-state index < -0.39 is 12.1 Å². The molecule has 1 aliphatic carbocycles. The maximum Gasteiger partial charge on any atom is 0.305 e. The summed E-state index contributed by atoms with van der Waals surface area (Å²) in [6, 6.07) is 1.11. The number of rotatable bonds is 10. The van der Waals surface area contributed by atoms with Crippen molar-refractivity contribution >= 4 is 12.2 Å². The molecule has 3 aliphatic rings. The zero-order valence-electron chi connectivity index (χ0n) is 18.5. The first-order valence-corrected chi connectivity index (χ1v) is 12.1. The van der Waals surface area contributed by atoms with Crippen LogP contribution in [-0.4, -0.2) is 71.1 Å². The first kappa shape index (κ1) is 23.6. The van der Waals surface area contributed by atoms with Crippen molar-refractivity contribution in [2.75, 3.05) is 13.2 Å². The predicted octanol–water partition coefficient (Wildman–Crippen LogP) is 0.986. The number of aliphatic hydroxyl groups is 2. The first-order chi connectivity index (χ1) is 14.4. The minimum Gasteiger partial charge on any atom is -0.481 e. The third-order valence-corrected chi connectivity index (χ3v) is 7.72. The summed E-state index contributed by atoms with van der Waals surface area (Å²) >= 11 is 0. The van der Waals surface area contributed by atoms with E-state index in [0.717, 1.165) is 38.4 Å². The maximum absolute atomic E-state index is 10.6. The van der Waals surface area contributed by atoms with E-state index in [-0.39, 0.29) is 18.6 Å². The van der Waals surface area contributed by atoms with Gasteiger partial charge in [-0.1, -0.05) is 38.5 Å². The van der Waals surface area contributed by atoms with Crippen molar-refractivity contribution in [3.8, 4) is 0 Å². The number of aliphatic imine (C=N–C) groups is 1. The molecule has 0 spiro atoms. The number of hydrogen-bond donors (Lipinski definition) is 5. The maximum atomic E-state index is 10.6. The molecule has 0 radical (unpaired) electrons. The van der Waals surface area contributed by atoms with E-state index in [4.69, 9.17) is 5.11 Å². The smallest absolute Gasteiger partial charge is 0.305 e. The Hall–Kier alpha value is -1.02. The van der Waals surface area contributed by atoms with Gasteiger partial charge in [0, 0.05) is 12.5 Å². The summed E-state index contributed by atoms with van der Waals surface area (Å²) in [5.74, 6) is 0.579. The van der Waals surface area contributed by atoms with Gasteiger partial charge in [-0.25, -0.2) is 4.99 Å². The Morgan fingerprint density at radius 1 is 1.23 bits per heavy atom. The zero-order valence-corrected chi connectivity index (χ0v) is 18.5. The number of aliphatic hydroxyl groups excluding tert-OH is 2. The van der Waals surface area contributed by atoms with E-state index in [2.05, 4.69) is 17.2 Å². The van der Waals surface area contributed by atoms with Crippen LogP contribution in [0.1, 0.15) is 77.6 Å². The summed E-state index contributed by atoms with van der Waals surface area (Å²) < 4.78 is 0. The second kappa shape index (κ2) is 11.6. The van der Waals surface area contributed by atoms with E-state index in [1.165, 1.54) is 43.4 Å². The van der Waals surface area contributed by atoms with Crippen LogP contribution >= 0.6 is 0 Å². The molecule has 172 valence electrons. The van der Waals surface area contributed by atoms with Crippen molar-refractivity contribution in [3.05, 3.63) is 0 Å². The van der Waals surface area contributed by atoms with Crippen molar-refractivity contribution in [3.63, 3.8) is 0 Å². The van der Waals surface area contributed by atoms with Gasteiger partial charge in [0.05, 0.1) is 30.9 Å². The number of aliphatic carboxylic acids is 1. The first-order valence-electron chi connectivity index (χ1n) is 12.1. The largest absolute Gasteiger partial charge is 0.481 e. The summed E-state index contributed by atoms with van der Waals surface area (Å²) in [5.41, 5.74) is 0. The fourth-order valence-corrected chi connectivity index (χ4v) is 5.85. The number of hydrogen-bond acceptors (Lipinski definition) is 5. The average Bonchev–Trinajstić information content (AvgIpc) is 3.24. The van der Waals surface area contributed by atoms with Gasteiger partial charge in [-0.2, -0.15) is 0 Å². The Balaban J connectivity index is 1.37. The van der Waals surface area contributed by atoms with E-state index in [1.54, 1.807) is 0 Å². The van der Waals surface area contributed by atoms with E-state index in [0.29, 0.717) is 24.4 Å². The number of nitrogens with one attached hydrogen (secondary N) is 2. The minimum atomic E-state index is -0.920. The Labute approximate surface area is 180 Å². The molecule has 30 heavy (non-hydrogen) atoms. The van der Waals surface area contributed by atoms with E-state index in [1.807, 2.05) is 6.21 Å². The van der Waals surface area contributed by atoms with Gasteiger partial charge >= 0.3 is 5.97 Å². The molecule has 5 N–H and O–H groups in total. The third kappa shape index (κ3) is 6.74. The van der Waals surface area contributed by atoms with Gasteiger partial charge in [0.15, 0.2) is 6.67 Å². The summed E-state index contributed by atoms with van der Waals surface area (Å²) in [5, 5.41) is 32.5. The monoisotopic (exact) mass is 424 g/mol. The van der Waals surface area contributed by atoms with Crippen LogP contribution in [0.3, 0.4) is 0 Å². The molecule has 2 fully saturated rings. The molecule has 0 aromatic rings. The minimum absolute atomic E-state index is 0.138. The third-order valence-electron chi connectivity index (χ3n) is 7.72. The number of carbonyl (C=O) groups is 1. The van der Waals surface area contributed by atoms with E-state index >= 15 is 0 Å². The Bertz CT molecular complexity index is 557. The van der Waals surface area contributed by atoms with Gasteiger partial charge in [0.25, 0.3) is 0 Å². The molecule has 7 heteroatoms. The van der Waals surface area contributed by atoms with Crippen LogP contribution in [0.15, 0.2) is 4.99 Å². The number of carboxylic acid groups (broad SMARTS) is 1. The second-order valence-corrected chi connectivity index (χ2v) is 9.95. The second-order valence-electron chi connectivity index (χ2n) is 9.95. The lowest BCUT2D eigenvalue weighted by Gasteiger charge is -2.45. The molecule has 7 nitrogen and oxygen atoms in total. The van der Waals surface area contributed by atoms with Crippen LogP contribution in [-0.2, 0) is 4.79 Å². The predicted molar refractivity (Wildman–Crippen MR) is 117 cm³/mol. The molecule has 2 heterocycles. The quantitative estimate of drug-likeness (QED) is 0.336. The Morgan fingerprint density at radius 2 is 2.00 bits per heavy atom. The highest BCUT2D eigenvalue weighted by Gasteiger charge is 2.44. The van der Waals surface area contributed by atoms with Gasteiger partial charge in [-0.3, -0.25) is 4.79 Å². The van der Waals surface area contributed by atoms with Gasteiger partial charge in [-0.15, -0.1) is 0 Å². The molecular formula is C23H42N3O4+. The summed E-state index contributed by atoms with van der Waals surface area (Å²) in [7, 11) is 0. The molecule has 0 aromatic carbocycles. The van der Waals surface area contributed by atoms with Crippen LogP contribution in [0.5, 0.6) is 0 Å². The topological polar surface area (TPSA) is 107 Å². The van der Waals surface area contributed by atoms with Crippen molar-refractivity contribution in [2.45, 2.75) is 108 Å². The number of piperidine rings is 1. The highest BCUT2D eigenvalue weighted by atomic mass is 16.4.